The number of carboxylic acid groups (broad SMARTS) is 1. The minimum absolute atomic E-state index is 0.212. The number of sulfone groups is 1. The zero-order valence-corrected chi connectivity index (χ0v) is 9.60. The number of carbonyl (C=O) groups is 1. The van der Waals surface area contributed by atoms with Crippen LogP contribution in [0.3, 0.4) is 0 Å². The van der Waals surface area contributed by atoms with Gasteiger partial charge in [0, 0.05) is 6.07 Å². The second-order valence-corrected chi connectivity index (χ2v) is 5.42. The zero-order valence-electron chi connectivity index (χ0n) is 8.78. The van der Waals surface area contributed by atoms with Crippen LogP contribution in [-0.4, -0.2) is 30.2 Å². The van der Waals surface area contributed by atoms with Gasteiger partial charge in [-0.25, -0.2) is 13.2 Å². The maximum absolute atomic E-state index is 11.5. The van der Waals surface area contributed by atoms with E-state index in [1.807, 2.05) is 0 Å². The normalized spacial score (nSPS) is 11.1. The van der Waals surface area contributed by atoms with E-state index in [1.165, 1.54) is 6.92 Å². The van der Waals surface area contributed by atoms with E-state index in [1.54, 1.807) is 0 Å². The summed E-state index contributed by atoms with van der Waals surface area (Å²) in [5, 5.41) is 19.4. The Morgan fingerprint density at radius 3 is 2.47 bits per heavy atom. The molecule has 0 radical (unpaired) electrons. The standard InChI is InChI=1S/C9H9NO6S/c1-2-17(15,16)6-3-4-7(9(11)12)8(5-6)10(13)14/h3-5H,2H2,1H3,(H,11,12). The van der Waals surface area contributed by atoms with E-state index in [0.29, 0.717) is 0 Å². The first kappa shape index (κ1) is 13.1. The highest BCUT2D eigenvalue weighted by molar-refractivity contribution is 7.91. The molecule has 0 fully saturated rings. The molecule has 1 aromatic carbocycles. The van der Waals surface area contributed by atoms with Gasteiger partial charge in [-0.2, -0.15) is 0 Å². The van der Waals surface area contributed by atoms with E-state index < -0.39 is 32.0 Å². The highest BCUT2D eigenvalue weighted by Crippen LogP contribution is 2.23. The Morgan fingerprint density at radius 1 is 1.47 bits per heavy atom. The van der Waals surface area contributed by atoms with Crippen LogP contribution in [0.2, 0.25) is 0 Å². The Hall–Kier alpha value is -1.96. The summed E-state index contributed by atoms with van der Waals surface area (Å²) in [4.78, 5) is 20.2. The Morgan fingerprint density at radius 2 is 2.06 bits per heavy atom. The maximum atomic E-state index is 11.5. The number of nitrogens with zero attached hydrogens (tertiary/aromatic N) is 1. The zero-order chi connectivity index (χ0) is 13.2. The number of benzene rings is 1. The predicted molar refractivity (Wildman–Crippen MR) is 57.8 cm³/mol. The van der Waals surface area contributed by atoms with Crippen molar-refractivity contribution >= 4 is 21.5 Å². The summed E-state index contributed by atoms with van der Waals surface area (Å²) in [6.45, 7) is 1.40. The van der Waals surface area contributed by atoms with E-state index in [2.05, 4.69) is 0 Å². The summed E-state index contributed by atoms with van der Waals surface area (Å²) in [6, 6.07) is 2.74. The fourth-order valence-electron chi connectivity index (χ4n) is 1.20. The molecule has 0 aliphatic carbocycles. The van der Waals surface area contributed by atoms with Crippen LogP contribution in [0.25, 0.3) is 0 Å². The predicted octanol–water partition coefficient (Wildman–Crippen LogP) is 1.09. The van der Waals surface area contributed by atoms with Crippen LogP contribution in [0.5, 0.6) is 0 Å². The first-order chi connectivity index (χ1) is 7.79. The lowest BCUT2D eigenvalue weighted by Crippen LogP contribution is -2.07. The van der Waals surface area contributed by atoms with Gasteiger partial charge in [-0.3, -0.25) is 10.1 Å². The molecule has 0 saturated carbocycles. The molecular formula is C9H9NO6S. The van der Waals surface area contributed by atoms with Crippen molar-refractivity contribution < 1.29 is 23.2 Å². The molecule has 0 saturated heterocycles. The van der Waals surface area contributed by atoms with Crippen molar-refractivity contribution in [2.45, 2.75) is 11.8 Å². The summed E-state index contributed by atoms with van der Waals surface area (Å²) in [5.74, 6) is -1.69. The van der Waals surface area contributed by atoms with Crippen molar-refractivity contribution in [1.29, 1.82) is 0 Å². The average molecular weight is 259 g/mol. The van der Waals surface area contributed by atoms with Crippen molar-refractivity contribution in [2.24, 2.45) is 0 Å². The fourth-order valence-corrected chi connectivity index (χ4v) is 2.10. The molecule has 0 aromatic heterocycles. The van der Waals surface area contributed by atoms with Gasteiger partial charge in [0.25, 0.3) is 5.69 Å². The van der Waals surface area contributed by atoms with Crippen LogP contribution in [-0.2, 0) is 9.84 Å². The minimum atomic E-state index is -3.59. The van der Waals surface area contributed by atoms with Crippen molar-refractivity contribution in [3.8, 4) is 0 Å². The fraction of sp³-hybridized carbons (Fsp3) is 0.222. The molecule has 0 amide bonds. The largest absolute Gasteiger partial charge is 0.477 e. The van der Waals surface area contributed by atoms with Gasteiger partial charge < -0.3 is 5.11 Å². The Labute approximate surface area is 96.8 Å². The number of aromatic carboxylic acids is 1. The molecule has 1 aromatic rings. The maximum Gasteiger partial charge on any atom is 0.342 e. The third-order valence-electron chi connectivity index (χ3n) is 2.14. The summed E-state index contributed by atoms with van der Waals surface area (Å²) in [5.41, 5.74) is -1.27. The van der Waals surface area contributed by atoms with Crippen LogP contribution in [0.15, 0.2) is 23.1 Å². The highest BCUT2D eigenvalue weighted by atomic mass is 32.2. The summed E-state index contributed by atoms with van der Waals surface area (Å²) in [7, 11) is -3.59. The van der Waals surface area contributed by atoms with Gasteiger partial charge in [-0.1, -0.05) is 6.92 Å². The number of hydrogen-bond acceptors (Lipinski definition) is 5. The topological polar surface area (TPSA) is 115 Å². The first-order valence-electron chi connectivity index (χ1n) is 4.54. The Bertz CT molecular complexity index is 577. The van der Waals surface area contributed by atoms with Gasteiger partial charge in [-0.15, -0.1) is 0 Å². The third-order valence-corrected chi connectivity index (χ3v) is 3.87. The first-order valence-corrected chi connectivity index (χ1v) is 6.19. The number of nitro groups is 1. The van der Waals surface area contributed by atoms with E-state index in [4.69, 9.17) is 5.11 Å². The number of hydrogen-bond donors (Lipinski definition) is 1. The highest BCUT2D eigenvalue weighted by Gasteiger charge is 2.23. The van der Waals surface area contributed by atoms with E-state index in [9.17, 15) is 23.3 Å². The van der Waals surface area contributed by atoms with E-state index in [0.717, 1.165) is 18.2 Å². The Balaban J connectivity index is 3.49. The van der Waals surface area contributed by atoms with Gasteiger partial charge >= 0.3 is 5.97 Å². The average Bonchev–Trinajstić information content (AvgIpc) is 2.28. The van der Waals surface area contributed by atoms with Gasteiger partial charge in [0.1, 0.15) is 5.56 Å². The Kier molecular flexibility index (Phi) is 3.47. The summed E-state index contributed by atoms with van der Waals surface area (Å²) < 4.78 is 23.0. The molecule has 0 spiro atoms. The molecule has 7 nitrogen and oxygen atoms in total. The molecule has 0 aliphatic rings. The lowest BCUT2D eigenvalue weighted by Gasteiger charge is -2.03. The van der Waals surface area contributed by atoms with Gasteiger partial charge in [-0.05, 0) is 12.1 Å². The van der Waals surface area contributed by atoms with Crippen LogP contribution in [0, 0.1) is 10.1 Å². The third kappa shape index (κ3) is 2.59. The molecule has 0 aliphatic heterocycles. The van der Waals surface area contributed by atoms with Crippen molar-refractivity contribution in [1.82, 2.24) is 0 Å². The monoisotopic (exact) mass is 259 g/mol. The minimum Gasteiger partial charge on any atom is -0.477 e. The van der Waals surface area contributed by atoms with Crippen LogP contribution < -0.4 is 0 Å². The second kappa shape index (κ2) is 4.50. The van der Waals surface area contributed by atoms with Crippen molar-refractivity contribution in [3.63, 3.8) is 0 Å². The number of rotatable bonds is 4. The lowest BCUT2D eigenvalue weighted by molar-refractivity contribution is -0.385. The number of carboxylic acids is 1. The number of nitro benzene ring substituents is 1. The van der Waals surface area contributed by atoms with Crippen LogP contribution in [0.1, 0.15) is 17.3 Å². The van der Waals surface area contributed by atoms with Gasteiger partial charge in [0.2, 0.25) is 0 Å². The molecule has 1 rings (SSSR count). The quantitative estimate of drug-likeness (QED) is 0.639. The SMILES string of the molecule is CCS(=O)(=O)c1ccc(C(=O)O)c([N+](=O)[O-])c1. The molecule has 17 heavy (non-hydrogen) atoms. The van der Waals surface area contributed by atoms with Gasteiger partial charge in [0.15, 0.2) is 9.84 Å². The van der Waals surface area contributed by atoms with Gasteiger partial charge in [0.05, 0.1) is 15.6 Å². The summed E-state index contributed by atoms with van der Waals surface area (Å²) >= 11 is 0. The lowest BCUT2D eigenvalue weighted by atomic mass is 10.2. The molecule has 0 atom stereocenters. The van der Waals surface area contributed by atoms with Crippen molar-refractivity contribution in [3.05, 3.63) is 33.9 Å². The van der Waals surface area contributed by atoms with Crippen LogP contribution in [0.4, 0.5) is 5.69 Å². The molecule has 8 heteroatoms. The van der Waals surface area contributed by atoms with E-state index >= 15 is 0 Å². The second-order valence-electron chi connectivity index (χ2n) is 3.14. The molecule has 1 N–H and O–H groups in total. The molecule has 92 valence electrons. The summed E-state index contributed by atoms with van der Waals surface area (Å²) in [6.07, 6.45) is 0. The van der Waals surface area contributed by atoms with E-state index in [-0.39, 0.29) is 10.6 Å². The molecule has 0 unspecified atom stereocenters. The molecule has 0 bridgehead atoms. The van der Waals surface area contributed by atoms with Crippen LogP contribution >= 0.6 is 0 Å². The molecule has 0 heterocycles. The molecular weight excluding hydrogens is 250 g/mol. The van der Waals surface area contributed by atoms with Crippen molar-refractivity contribution in [2.75, 3.05) is 5.75 Å². The smallest absolute Gasteiger partial charge is 0.342 e.